The molecule has 0 saturated carbocycles. The van der Waals surface area contributed by atoms with Crippen molar-refractivity contribution in [3.05, 3.63) is 63.2 Å². The molecule has 2 aromatic rings. The van der Waals surface area contributed by atoms with Crippen molar-refractivity contribution < 1.29 is 33.4 Å². The monoisotopic (exact) mass is 472 g/mol. The van der Waals surface area contributed by atoms with Crippen molar-refractivity contribution in [2.45, 2.75) is 0 Å². The summed E-state index contributed by atoms with van der Waals surface area (Å²) in [6.07, 6.45) is 3.37. The third kappa shape index (κ3) is 7.55. The second-order valence-electron chi connectivity index (χ2n) is 7.22. The number of hydrogen-bond donors (Lipinski definition) is 1. The van der Waals surface area contributed by atoms with Gasteiger partial charge in [-0.1, -0.05) is 12.1 Å². The van der Waals surface area contributed by atoms with Gasteiger partial charge in [0.1, 0.15) is 12.4 Å². The molecular weight excluding hydrogens is 444 g/mol. The van der Waals surface area contributed by atoms with Gasteiger partial charge in [-0.05, 0) is 35.9 Å². The Labute approximate surface area is 197 Å². The van der Waals surface area contributed by atoms with E-state index in [4.69, 9.17) is 18.9 Å². The lowest BCUT2D eigenvalue weighted by molar-refractivity contribution is -0.385. The van der Waals surface area contributed by atoms with E-state index in [9.17, 15) is 14.9 Å². The van der Waals surface area contributed by atoms with E-state index in [1.165, 1.54) is 25.3 Å². The van der Waals surface area contributed by atoms with Crippen LogP contribution in [0.3, 0.4) is 0 Å². The Balaban J connectivity index is 1.78. The van der Waals surface area contributed by atoms with Gasteiger partial charge in [0, 0.05) is 12.6 Å². The number of fused-ring (bicyclic) bond motifs is 1. The Morgan fingerprint density at radius 3 is 2.38 bits per heavy atom. The average Bonchev–Trinajstić information content (AvgIpc) is 2.86. The summed E-state index contributed by atoms with van der Waals surface area (Å²) in [6, 6.07) is 9.81. The molecule has 0 aliphatic carbocycles. The number of nitrogens with zero attached hydrogens (tertiary/aromatic N) is 1. The highest BCUT2D eigenvalue weighted by Crippen LogP contribution is 2.28. The molecule has 0 spiro atoms. The molecule has 0 radical (unpaired) electrons. The Kier molecular flexibility index (Phi) is 9.83. The van der Waals surface area contributed by atoms with Crippen LogP contribution in [0.4, 0.5) is 11.4 Å². The van der Waals surface area contributed by atoms with Gasteiger partial charge < -0.3 is 29.0 Å². The molecule has 0 fully saturated rings. The number of anilines is 1. The summed E-state index contributed by atoms with van der Waals surface area (Å²) < 4.78 is 27.0. The molecule has 1 N–H and O–H groups in total. The Hall–Kier alpha value is -3.47. The fourth-order valence-electron chi connectivity index (χ4n) is 3.19. The molecule has 0 bridgehead atoms. The quantitative estimate of drug-likeness (QED) is 0.309. The van der Waals surface area contributed by atoms with Crippen LogP contribution in [0.1, 0.15) is 21.5 Å². The van der Waals surface area contributed by atoms with E-state index in [1.54, 1.807) is 12.2 Å². The topological polar surface area (TPSA) is 118 Å². The molecule has 10 heteroatoms. The molecule has 3 rings (SSSR count). The van der Waals surface area contributed by atoms with Gasteiger partial charge in [-0.2, -0.15) is 0 Å². The van der Waals surface area contributed by atoms with Gasteiger partial charge in [-0.15, -0.1) is 0 Å². The Morgan fingerprint density at radius 2 is 1.68 bits per heavy atom. The number of carbonyl (C=O) groups is 1. The number of carbonyl (C=O) groups excluding carboxylic acids is 1. The Morgan fingerprint density at radius 1 is 0.971 bits per heavy atom. The average molecular weight is 472 g/mol. The lowest BCUT2D eigenvalue weighted by Gasteiger charge is -2.14. The van der Waals surface area contributed by atoms with Crippen LogP contribution in [0.5, 0.6) is 5.75 Å². The number of rotatable bonds is 4. The van der Waals surface area contributed by atoms with E-state index in [0.717, 1.165) is 11.3 Å². The third-order valence-corrected chi connectivity index (χ3v) is 4.90. The molecule has 1 aliphatic rings. The van der Waals surface area contributed by atoms with Crippen molar-refractivity contribution in [3.63, 3.8) is 0 Å². The number of nitro benzene ring substituents is 1. The zero-order valence-corrected chi connectivity index (χ0v) is 19.0. The lowest BCUT2D eigenvalue weighted by atomic mass is 10.1. The summed E-state index contributed by atoms with van der Waals surface area (Å²) in [5, 5.41) is 14.8. The largest absolute Gasteiger partial charge is 0.489 e. The second kappa shape index (κ2) is 13.3. The van der Waals surface area contributed by atoms with E-state index in [1.807, 2.05) is 18.2 Å². The minimum absolute atomic E-state index is 0.116. The second-order valence-corrected chi connectivity index (χ2v) is 7.22. The Bertz CT molecular complexity index is 1010. The maximum absolute atomic E-state index is 11.7. The first-order valence-electron chi connectivity index (χ1n) is 10.9. The van der Waals surface area contributed by atoms with Crippen LogP contribution in [-0.4, -0.2) is 70.8 Å². The highest BCUT2D eigenvalue weighted by Gasteiger charge is 2.16. The summed E-state index contributed by atoms with van der Waals surface area (Å²) in [5.74, 6) is -0.000522. The zero-order valence-electron chi connectivity index (χ0n) is 19.0. The standard InChI is InChI=1S/C24H28N2O8/c1-30-24(27)20-6-5-19(22(17-20)26(28)29)4-2-18-3-7-21-23(16-18)34-15-14-33-13-12-32-11-10-31-9-8-25-21/h2-7,16-17,25H,8-15H2,1H3/b4-2+. The fourth-order valence-corrected chi connectivity index (χ4v) is 3.19. The fraction of sp³-hybridized carbons (Fsp3) is 0.375. The molecule has 10 nitrogen and oxygen atoms in total. The van der Waals surface area contributed by atoms with Gasteiger partial charge in [0.25, 0.3) is 5.69 Å². The highest BCUT2D eigenvalue weighted by atomic mass is 16.6. The van der Waals surface area contributed by atoms with Crippen molar-refractivity contribution in [1.82, 2.24) is 0 Å². The van der Waals surface area contributed by atoms with Crippen molar-refractivity contribution >= 4 is 29.5 Å². The number of nitrogens with one attached hydrogen (secondary N) is 1. The predicted molar refractivity (Wildman–Crippen MR) is 126 cm³/mol. The van der Waals surface area contributed by atoms with Crippen molar-refractivity contribution in [2.75, 3.05) is 65.2 Å². The molecule has 34 heavy (non-hydrogen) atoms. The van der Waals surface area contributed by atoms with Gasteiger partial charge >= 0.3 is 5.97 Å². The summed E-state index contributed by atoms with van der Waals surface area (Å²) >= 11 is 0. The van der Waals surface area contributed by atoms with Crippen molar-refractivity contribution in [3.8, 4) is 5.75 Å². The van der Waals surface area contributed by atoms with Crippen LogP contribution < -0.4 is 10.1 Å². The smallest absolute Gasteiger partial charge is 0.338 e. The summed E-state index contributed by atoms with van der Waals surface area (Å²) in [4.78, 5) is 22.7. The van der Waals surface area contributed by atoms with Crippen LogP contribution in [-0.2, 0) is 18.9 Å². The zero-order chi connectivity index (χ0) is 24.2. The minimum Gasteiger partial charge on any atom is -0.489 e. The maximum atomic E-state index is 11.7. The highest BCUT2D eigenvalue weighted by molar-refractivity contribution is 5.91. The van der Waals surface area contributed by atoms with Crippen LogP contribution in [0.15, 0.2) is 36.4 Å². The number of esters is 1. The molecule has 0 amide bonds. The van der Waals surface area contributed by atoms with Crippen molar-refractivity contribution in [2.24, 2.45) is 0 Å². The van der Waals surface area contributed by atoms with E-state index in [-0.39, 0.29) is 11.3 Å². The van der Waals surface area contributed by atoms with Gasteiger partial charge in [0.15, 0.2) is 0 Å². The van der Waals surface area contributed by atoms with E-state index >= 15 is 0 Å². The van der Waals surface area contributed by atoms with Gasteiger partial charge in [-0.25, -0.2) is 4.79 Å². The first-order chi connectivity index (χ1) is 16.6. The third-order valence-electron chi connectivity index (χ3n) is 4.90. The molecule has 0 atom stereocenters. The molecular formula is C24H28N2O8. The number of nitro groups is 1. The molecule has 2 aromatic carbocycles. The predicted octanol–water partition coefficient (Wildman–Crippen LogP) is 3.41. The number of benzene rings is 2. The van der Waals surface area contributed by atoms with E-state index in [0.29, 0.717) is 64.1 Å². The van der Waals surface area contributed by atoms with Crippen LogP contribution in [0, 0.1) is 10.1 Å². The van der Waals surface area contributed by atoms with E-state index in [2.05, 4.69) is 10.1 Å². The van der Waals surface area contributed by atoms with E-state index < -0.39 is 10.9 Å². The summed E-state index contributed by atoms with van der Waals surface area (Å²) in [6.45, 7) is 3.91. The van der Waals surface area contributed by atoms with Gasteiger partial charge in [0.2, 0.25) is 0 Å². The summed E-state index contributed by atoms with van der Waals surface area (Å²) in [5.41, 5.74) is 1.88. The number of methoxy groups -OCH3 is 1. The molecule has 0 aromatic heterocycles. The van der Waals surface area contributed by atoms with Gasteiger partial charge in [0.05, 0.1) is 68.5 Å². The van der Waals surface area contributed by atoms with Crippen molar-refractivity contribution in [1.29, 1.82) is 0 Å². The van der Waals surface area contributed by atoms with Crippen LogP contribution in [0.2, 0.25) is 0 Å². The normalized spacial score (nSPS) is 15.8. The minimum atomic E-state index is -0.632. The SMILES string of the molecule is COC(=O)c1ccc(/C=C/c2ccc3c(c2)OCCOCCOCCOCCN3)c([N+](=O)[O-])c1. The molecule has 182 valence electrons. The summed E-state index contributed by atoms with van der Waals surface area (Å²) in [7, 11) is 1.23. The number of hydrogen-bond acceptors (Lipinski definition) is 9. The molecule has 1 aliphatic heterocycles. The molecule has 1 heterocycles. The number of ether oxygens (including phenoxy) is 5. The van der Waals surface area contributed by atoms with Crippen LogP contribution >= 0.6 is 0 Å². The molecule has 0 saturated heterocycles. The first kappa shape index (κ1) is 25.2. The maximum Gasteiger partial charge on any atom is 0.338 e. The van der Waals surface area contributed by atoms with Gasteiger partial charge in [-0.3, -0.25) is 10.1 Å². The molecule has 0 unspecified atom stereocenters. The van der Waals surface area contributed by atoms with Crippen LogP contribution in [0.25, 0.3) is 12.2 Å². The first-order valence-corrected chi connectivity index (χ1v) is 10.9. The lowest BCUT2D eigenvalue weighted by Crippen LogP contribution is -2.13.